The fourth-order valence-corrected chi connectivity index (χ4v) is 10.00. The number of aromatic nitrogens is 1. The third-order valence-electron chi connectivity index (χ3n) is 13.6. The van der Waals surface area contributed by atoms with Crippen molar-refractivity contribution in [3.05, 3.63) is 144 Å². The highest BCUT2D eigenvalue weighted by atomic mass is 16.5. The van der Waals surface area contributed by atoms with Gasteiger partial charge in [-0.15, -0.1) is 0 Å². The van der Waals surface area contributed by atoms with Crippen LogP contribution in [0.25, 0.3) is 22.4 Å². The number of hydrogen-bond donors (Lipinski definition) is 0. The number of ether oxygens (including phenoxy) is 2. The molecule has 0 radical (unpaired) electrons. The molecule has 0 N–H and O–H groups in total. The largest absolute Gasteiger partial charge is 0.453 e. The summed E-state index contributed by atoms with van der Waals surface area (Å²) in [5.74, 6) is 3.54. The third-order valence-corrected chi connectivity index (χ3v) is 13.6. The van der Waals surface area contributed by atoms with Crippen molar-refractivity contribution in [2.45, 2.75) is 105 Å². The maximum absolute atomic E-state index is 7.18. The number of pyridine rings is 1. The summed E-state index contributed by atoms with van der Waals surface area (Å²) >= 11 is 0. The summed E-state index contributed by atoms with van der Waals surface area (Å²) in [6, 6.07) is 43.1. The predicted molar refractivity (Wildman–Crippen MR) is 264 cm³/mol. The van der Waals surface area contributed by atoms with Gasteiger partial charge in [0, 0.05) is 23.1 Å². The second kappa shape index (κ2) is 13.1. The van der Waals surface area contributed by atoms with E-state index >= 15 is 0 Å². The highest BCUT2D eigenvalue weighted by molar-refractivity contribution is 7.00. The van der Waals surface area contributed by atoms with Crippen LogP contribution in [0.3, 0.4) is 0 Å². The zero-order valence-electron chi connectivity index (χ0n) is 38.8. The summed E-state index contributed by atoms with van der Waals surface area (Å²) in [6.45, 7) is 27.4. The van der Waals surface area contributed by atoms with Crippen molar-refractivity contribution < 1.29 is 9.47 Å². The second-order valence-corrected chi connectivity index (χ2v) is 22.2. The van der Waals surface area contributed by atoms with Crippen molar-refractivity contribution in [3.63, 3.8) is 0 Å². The minimum atomic E-state index is -0.126. The van der Waals surface area contributed by atoms with E-state index in [0.29, 0.717) is 0 Å². The molecule has 0 aliphatic carbocycles. The molecule has 4 aliphatic heterocycles. The Kier molecular flexibility index (Phi) is 8.25. The van der Waals surface area contributed by atoms with Crippen LogP contribution in [0, 0.1) is 0 Å². The first-order chi connectivity index (χ1) is 29.7. The zero-order chi connectivity index (χ0) is 44.1. The normalized spacial score (nSPS) is 14.5. The SMILES string of the molecule is CC(C)(C)c1ccc2c(c1)Oc1cc(C(C)(C)C)cc3c1N2c1cc(-c2cccc(-c4ccccn4)c2)cc2c1B3c1cc(C(C)(C)C)cc3c1N2c1ccc(C(C)(C)C)cc1O3. The molecule has 7 aromatic rings. The minimum absolute atomic E-state index is 0.0510. The molecule has 0 saturated heterocycles. The van der Waals surface area contributed by atoms with Crippen LogP contribution in [0.5, 0.6) is 23.0 Å². The first-order valence-corrected chi connectivity index (χ1v) is 22.6. The van der Waals surface area contributed by atoms with Crippen molar-refractivity contribution in [1.82, 2.24) is 4.98 Å². The van der Waals surface area contributed by atoms with Crippen LogP contribution in [-0.4, -0.2) is 11.7 Å². The molecule has 0 bridgehead atoms. The van der Waals surface area contributed by atoms with E-state index in [-0.39, 0.29) is 28.4 Å². The van der Waals surface area contributed by atoms with Gasteiger partial charge in [-0.1, -0.05) is 132 Å². The van der Waals surface area contributed by atoms with Crippen LogP contribution in [0.15, 0.2) is 121 Å². The van der Waals surface area contributed by atoms with E-state index in [4.69, 9.17) is 14.5 Å². The molecule has 6 heteroatoms. The molecule has 1 aromatic heterocycles. The molecule has 0 saturated carbocycles. The Hall–Kier alpha value is -6.27. The van der Waals surface area contributed by atoms with Gasteiger partial charge >= 0.3 is 0 Å². The van der Waals surface area contributed by atoms with E-state index in [1.54, 1.807) is 0 Å². The van der Waals surface area contributed by atoms with Gasteiger partial charge in [-0.05, 0) is 138 Å². The third kappa shape index (κ3) is 6.15. The average molecular weight is 826 g/mol. The standard InChI is InChI=1S/C57H56BN3O2/c1-54(2,3)36-19-21-43-47(29-36)62-49-31-38(56(7,8)9)27-40-52(49)60(43)45-25-35(33-16-15-17-34(24-33)42-18-13-14-23-59-42)26-46-51(45)58(40)41-28-39(57(10,11)12)32-50-53(41)61(46)44-22-20-37(55(4,5)6)30-48(44)63-50/h13-32H,1-12H3. The first-order valence-electron chi connectivity index (χ1n) is 22.6. The summed E-state index contributed by atoms with van der Waals surface area (Å²) < 4.78 is 14.4. The second-order valence-electron chi connectivity index (χ2n) is 22.2. The Morgan fingerprint density at radius 1 is 0.413 bits per heavy atom. The summed E-state index contributed by atoms with van der Waals surface area (Å²) in [4.78, 5) is 9.79. The highest BCUT2D eigenvalue weighted by Crippen LogP contribution is 2.58. The van der Waals surface area contributed by atoms with Crippen LogP contribution in [-0.2, 0) is 21.7 Å². The maximum Gasteiger partial charge on any atom is 0.252 e. The summed E-state index contributed by atoms with van der Waals surface area (Å²) in [6.07, 6.45) is 1.87. The number of benzene rings is 6. The van der Waals surface area contributed by atoms with Crippen molar-refractivity contribution in [2.24, 2.45) is 0 Å². The van der Waals surface area contributed by atoms with E-state index < -0.39 is 0 Å². The van der Waals surface area contributed by atoms with Crippen LogP contribution in [0.4, 0.5) is 34.1 Å². The monoisotopic (exact) mass is 825 g/mol. The molecular weight excluding hydrogens is 769 g/mol. The lowest BCUT2D eigenvalue weighted by atomic mass is 9.33. The van der Waals surface area contributed by atoms with Crippen molar-refractivity contribution in [3.8, 4) is 45.4 Å². The van der Waals surface area contributed by atoms with Gasteiger partial charge in [-0.25, -0.2) is 0 Å². The first kappa shape index (κ1) is 39.6. The van der Waals surface area contributed by atoms with Crippen LogP contribution < -0.4 is 35.7 Å². The van der Waals surface area contributed by atoms with Gasteiger partial charge in [0.1, 0.15) is 0 Å². The lowest BCUT2D eigenvalue weighted by Gasteiger charge is -2.48. The molecule has 5 heterocycles. The number of rotatable bonds is 2. The molecule has 0 unspecified atom stereocenters. The summed E-state index contributed by atoms with van der Waals surface area (Å²) in [5.41, 5.74) is 19.4. The van der Waals surface area contributed by atoms with Gasteiger partial charge in [0.05, 0.1) is 28.4 Å². The van der Waals surface area contributed by atoms with Crippen LogP contribution in [0.1, 0.15) is 105 Å². The van der Waals surface area contributed by atoms with Crippen LogP contribution >= 0.6 is 0 Å². The smallest absolute Gasteiger partial charge is 0.252 e. The van der Waals surface area contributed by atoms with Crippen molar-refractivity contribution in [2.75, 3.05) is 9.80 Å². The van der Waals surface area contributed by atoms with Gasteiger partial charge in [0.2, 0.25) is 0 Å². The van der Waals surface area contributed by atoms with E-state index in [0.717, 1.165) is 79.5 Å². The number of fused-ring (bicyclic) bond motifs is 8. The molecule has 11 rings (SSSR count). The number of hydrogen-bond acceptors (Lipinski definition) is 5. The molecule has 0 spiro atoms. The van der Waals surface area contributed by atoms with Crippen LogP contribution in [0.2, 0.25) is 0 Å². The van der Waals surface area contributed by atoms with Crippen molar-refractivity contribution >= 4 is 57.2 Å². The van der Waals surface area contributed by atoms with Crippen molar-refractivity contribution in [1.29, 1.82) is 0 Å². The van der Waals surface area contributed by atoms with Gasteiger partial charge in [0.15, 0.2) is 23.0 Å². The Morgan fingerprint density at radius 2 is 0.889 bits per heavy atom. The lowest BCUT2D eigenvalue weighted by Crippen LogP contribution is -2.62. The molecule has 0 atom stereocenters. The number of anilines is 6. The Morgan fingerprint density at radius 3 is 1.35 bits per heavy atom. The van der Waals surface area contributed by atoms with E-state index in [1.807, 2.05) is 12.3 Å². The van der Waals surface area contributed by atoms with E-state index in [2.05, 4.69) is 202 Å². The molecular formula is C57H56BN3O2. The summed E-state index contributed by atoms with van der Waals surface area (Å²) in [7, 11) is 0. The topological polar surface area (TPSA) is 37.8 Å². The fourth-order valence-electron chi connectivity index (χ4n) is 10.00. The predicted octanol–water partition coefficient (Wildman–Crippen LogP) is 13.9. The number of nitrogens with zero attached hydrogens (tertiary/aromatic N) is 3. The molecule has 0 amide bonds. The molecule has 0 fully saturated rings. The highest BCUT2D eigenvalue weighted by Gasteiger charge is 2.49. The molecule has 314 valence electrons. The van der Waals surface area contributed by atoms with E-state index in [1.165, 1.54) is 38.6 Å². The van der Waals surface area contributed by atoms with Gasteiger partial charge in [0.25, 0.3) is 6.71 Å². The molecule has 5 nitrogen and oxygen atoms in total. The Labute approximate surface area is 373 Å². The zero-order valence-corrected chi connectivity index (χ0v) is 38.8. The fraction of sp³-hybridized carbons (Fsp3) is 0.281. The molecule has 6 aromatic carbocycles. The maximum atomic E-state index is 7.18. The minimum Gasteiger partial charge on any atom is -0.453 e. The Balaban J connectivity index is 1.27. The lowest BCUT2D eigenvalue weighted by molar-refractivity contribution is 0.469. The molecule has 4 aliphatic rings. The quantitative estimate of drug-likeness (QED) is 0.162. The van der Waals surface area contributed by atoms with E-state index in [9.17, 15) is 0 Å². The average Bonchev–Trinajstić information content (AvgIpc) is 3.23. The van der Waals surface area contributed by atoms with Gasteiger partial charge in [-0.3, -0.25) is 4.98 Å². The Bertz CT molecular complexity index is 2910. The van der Waals surface area contributed by atoms with Gasteiger partial charge in [-0.2, -0.15) is 0 Å². The molecule has 63 heavy (non-hydrogen) atoms. The van der Waals surface area contributed by atoms with Gasteiger partial charge < -0.3 is 19.3 Å². The summed E-state index contributed by atoms with van der Waals surface area (Å²) in [5, 5.41) is 0.